The van der Waals surface area contributed by atoms with Crippen LogP contribution in [-0.4, -0.2) is 54.5 Å². The first-order chi connectivity index (χ1) is 15.7. The van der Waals surface area contributed by atoms with Crippen LogP contribution >= 0.6 is 0 Å². The molecule has 0 aliphatic rings. The summed E-state index contributed by atoms with van der Waals surface area (Å²) in [4.78, 5) is 33.5. The van der Waals surface area contributed by atoms with Crippen molar-refractivity contribution in [2.75, 3.05) is 33.1 Å². The number of likely N-dealkylation sites (N-methyl/N-ethyl adjacent to an activating group) is 1. The van der Waals surface area contributed by atoms with Gasteiger partial charge in [-0.25, -0.2) is 9.97 Å². The lowest BCUT2D eigenvalue weighted by Crippen LogP contribution is -2.33. The molecule has 1 heterocycles. The number of carbonyl (C=O) groups excluding carboxylic acids is 2. The number of benzene rings is 2. The maximum Gasteiger partial charge on any atom is 0.353 e. The summed E-state index contributed by atoms with van der Waals surface area (Å²) < 4.78 is 40.4. The van der Waals surface area contributed by atoms with Gasteiger partial charge in [0, 0.05) is 25.7 Å². The number of aromatic nitrogens is 2. The lowest BCUT2D eigenvalue weighted by atomic mass is 10.1. The van der Waals surface area contributed by atoms with Gasteiger partial charge >= 0.3 is 11.8 Å². The molecule has 0 saturated carbocycles. The summed E-state index contributed by atoms with van der Waals surface area (Å²) in [5, 5.41) is 2.13. The van der Waals surface area contributed by atoms with Gasteiger partial charge in [0.15, 0.2) is 6.61 Å². The number of ether oxygens (including phenoxy) is 2. The van der Waals surface area contributed by atoms with E-state index in [1.165, 1.54) is 50.4 Å². The largest absolute Gasteiger partial charge is 0.497 e. The number of nitrogens with zero attached hydrogens (tertiary/aromatic N) is 3. The number of nitrogens with one attached hydrogen (secondary N) is 1. The highest BCUT2D eigenvalue weighted by Crippen LogP contribution is 2.36. The van der Waals surface area contributed by atoms with Crippen molar-refractivity contribution in [2.45, 2.75) is 5.92 Å². The van der Waals surface area contributed by atoms with Crippen LogP contribution < -0.4 is 14.8 Å². The number of rotatable bonds is 8. The van der Waals surface area contributed by atoms with Crippen LogP contribution in [0.4, 0.5) is 14.6 Å². The van der Waals surface area contributed by atoms with E-state index in [0.29, 0.717) is 17.0 Å². The molecule has 3 rings (SSSR count). The van der Waals surface area contributed by atoms with Gasteiger partial charge in [0.2, 0.25) is 0 Å². The van der Waals surface area contributed by atoms with E-state index in [4.69, 9.17) is 9.47 Å². The van der Waals surface area contributed by atoms with Crippen molar-refractivity contribution in [1.29, 1.82) is 0 Å². The molecule has 1 N–H and O–H groups in total. The van der Waals surface area contributed by atoms with E-state index in [1.807, 2.05) is 0 Å². The lowest BCUT2D eigenvalue weighted by molar-refractivity contribution is -0.141. The van der Waals surface area contributed by atoms with Crippen molar-refractivity contribution in [3.63, 3.8) is 0 Å². The topological polar surface area (TPSA) is 93.6 Å². The molecule has 0 fully saturated rings. The minimum Gasteiger partial charge on any atom is -0.497 e. The molecule has 33 heavy (non-hydrogen) atoms. The van der Waals surface area contributed by atoms with Crippen molar-refractivity contribution in [3.8, 4) is 22.8 Å². The van der Waals surface area contributed by atoms with Crippen LogP contribution in [0.1, 0.15) is 5.56 Å². The van der Waals surface area contributed by atoms with E-state index in [-0.39, 0.29) is 11.6 Å². The van der Waals surface area contributed by atoms with Gasteiger partial charge in [0.1, 0.15) is 23.6 Å². The zero-order valence-electron chi connectivity index (χ0n) is 18.2. The SMILES string of the molecule is COc1ccc(-c2cc(NC(=O)C(F)(F)c3ccccc3OCC(=O)N(C)C)ncn2)cc1. The van der Waals surface area contributed by atoms with Gasteiger partial charge in [-0.05, 0) is 36.4 Å². The molecule has 0 aliphatic carbocycles. The zero-order valence-corrected chi connectivity index (χ0v) is 18.2. The summed E-state index contributed by atoms with van der Waals surface area (Å²) in [6.07, 6.45) is 1.16. The van der Waals surface area contributed by atoms with Crippen molar-refractivity contribution in [2.24, 2.45) is 0 Å². The predicted octanol–water partition coefficient (Wildman–Crippen LogP) is 3.35. The van der Waals surface area contributed by atoms with Crippen molar-refractivity contribution < 1.29 is 27.8 Å². The summed E-state index contributed by atoms with van der Waals surface area (Å²) in [5.41, 5.74) is 0.445. The molecule has 0 spiro atoms. The third kappa shape index (κ3) is 5.59. The molecule has 0 atom stereocenters. The predicted molar refractivity (Wildman–Crippen MR) is 117 cm³/mol. The van der Waals surface area contributed by atoms with Crippen LogP contribution in [0, 0.1) is 0 Å². The normalized spacial score (nSPS) is 10.9. The molecule has 172 valence electrons. The number of hydrogen-bond donors (Lipinski definition) is 1. The monoisotopic (exact) mass is 456 g/mol. The van der Waals surface area contributed by atoms with Gasteiger partial charge in [0.25, 0.3) is 5.91 Å². The number of anilines is 1. The van der Waals surface area contributed by atoms with Crippen LogP contribution in [0.25, 0.3) is 11.3 Å². The Balaban J connectivity index is 1.79. The number of halogens is 2. The molecule has 0 saturated heterocycles. The van der Waals surface area contributed by atoms with Crippen molar-refractivity contribution in [3.05, 3.63) is 66.5 Å². The fraction of sp³-hybridized carbons (Fsp3) is 0.217. The first-order valence-corrected chi connectivity index (χ1v) is 9.80. The molecule has 3 aromatic rings. The van der Waals surface area contributed by atoms with Crippen LogP contribution in [0.5, 0.6) is 11.5 Å². The fourth-order valence-electron chi connectivity index (χ4n) is 2.78. The molecule has 0 unspecified atom stereocenters. The maximum absolute atomic E-state index is 15.0. The van der Waals surface area contributed by atoms with Crippen LogP contribution in [0.3, 0.4) is 0 Å². The van der Waals surface area contributed by atoms with Gasteiger partial charge in [-0.3, -0.25) is 9.59 Å². The van der Waals surface area contributed by atoms with Gasteiger partial charge in [-0.1, -0.05) is 12.1 Å². The molecule has 0 radical (unpaired) electrons. The molecule has 0 bridgehead atoms. The second-order valence-corrected chi connectivity index (χ2v) is 7.12. The second kappa shape index (κ2) is 10.0. The van der Waals surface area contributed by atoms with Gasteiger partial charge in [-0.15, -0.1) is 0 Å². The van der Waals surface area contributed by atoms with E-state index in [2.05, 4.69) is 15.3 Å². The van der Waals surface area contributed by atoms with E-state index >= 15 is 8.78 Å². The zero-order chi connectivity index (χ0) is 24.0. The molecular weight excluding hydrogens is 434 g/mol. The van der Waals surface area contributed by atoms with E-state index in [0.717, 1.165) is 12.4 Å². The summed E-state index contributed by atoms with van der Waals surface area (Å²) >= 11 is 0. The van der Waals surface area contributed by atoms with Crippen LogP contribution in [-0.2, 0) is 15.5 Å². The van der Waals surface area contributed by atoms with E-state index < -0.39 is 29.9 Å². The quantitative estimate of drug-likeness (QED) is 0.559. The number of methoxy groups -OCH3 is 1. The molecule has 1 aromatic heterocycles. The molecule has 10 heteroatoms. The van der Waals surface area contributed by atoms with Crippen LogP contribution in [0.2, 0.25) is 0 Å². The highest BCUT2D eigenvalue weighted by molar-refractivity contribution is 5.96. The number of alkyl halides is 2. The first-order valence-electron chi connectivity index (χ1n) is 9.80. The smallest absolute Gasteiger partial charge is 0.353 e. The number of hydrogen-bond acceptors (Lipinski definition) is 6. The molecular formula is C23H22F2N4O4. The average molecular weight is 456 g/mol. The Labute approximate surface area is 189 Å². The van der Waals surface area contributed by atoms with E-state index in [1.54, 1.807) is 24.3 Å². The Kier molecular flexibility index (Phi) is 7.17. The summed E-state index contributed by atoms with van der Waals surface area (Å²) in [6, 6.07) is 13.5. The van der Waals surface area contributed by atoms with Gasteiger partial charge in [-0.2, -0.15) is 8.78 Å². The molecule has 0 aliphatic heterocycles. The maximum atomic E-state index is 15.0. The van der Waals surface area contributed by atoms with E-state index in [9.17, 15) is 9.59 Å². The summed E-state index contributed by atoms with van der Waals surface area (Å²) in [7, 11) is 4.57. The number of carbonyl (C=O) groups is 2. The fourth-order valence-corrected chi connectivity index (χ4v) is 2.78. The minimum absolute atomic E-state index is 0.0957. The van der Waals surface area contributed by atoms with Crippen LogP contribution in [0.15, 0.2) is 60.9 Å². The molecule has 8 nitrogen and oxygen atoms in total. The highest BCUT2D eigenvalue weighted by Gasteiger charge is 2.43. The Morgan fingerprint density at radius 1 is 1.06 bits per heavy atom. The molecule has 2 amide bonds. The molecule has 2 aromatic carbocycles. The standard InChI is InChI=1S/C23H22F2N4O4/c1-29(2)21(30)13-33-19-7-5-4-6-17(19)23(24,25)22(31)28-20-12-18(26-14-27-20)15-8-10-16(32-3)11-9-15/h4-12,14H,13H2,1-3H3,(H,26,27,28,31). The van der Waals surface area contributed by atoms with Crippen molar-refractivity contribution >= 4 is 17.6 Å². The highest BCUT2D eigenvalue weighted by atomic mass is 19.3. The second-order valence-electron chi connectivity index (χ2n) is 7.12. The third-order valence-electron chi connectivity index (χ3n) is 4.65. The summed E-state index contributed by atoms with van der Waals surface area (Å²) in [6.45, 7) is -0.446. The Morgan fingerprint density at radius 2 is 1.76 bits per heavy atom. The average Bonchev–Trinajstić information content (AvgIpc) is 2.82. The van der Waals surface area contributed by atoms with Gasteiger partial charge < -0.3 is 19.7 Å². The summed E-state index contributed by atoms with van der Waals surface area (Å²) in [5.74, 6) is -5.69. The minimum atomic E-state index is -3.96. The Morgan fingerprint density at radius 3 is 2.42 bits per heavy atom. The first kappa shape index (κ1) is 23.6. The Hall–Kier alpha value is -4.08. The van der Waals surface area contributed by atoms with Gasteiger partial charge in [0.05, 0.1) is 18.4 Å². The number of para-hydroxylation sites is 1. The lowest BCUT2D eigenvalue weighted by Gasteiger charge is -2.20. The van der Waals surface area contributed by atoms with Crippen molar-refractivity contribution in [1.82, 2.24) is 14.9 Å². The third-order valence-corrected chi connectivity index (χ3v) is 4.65. The number of amides is 2. The Bertz CT molecular complexity index is 1140.